The first kappa shape index (κ1) is 18.6. The third-order valence-corrected chi connectivity index (χ3v) is 5.21. The van der Waals surface area contributed by atoms with Crippen LogP contribution in [-0.2, 0) is 19.8 Å². The lowest BCUT2D eigenvalue weighted by Crippen LogP contribution is -2.34. The van der Waals surface area contributed by atoms with Crippen LogP contribution in [0.2, 0.25) is 0 Å². The number of carbonyl (C=O) groups excluding carboxylic acids is 1. The van der Waals surface area contributed by atoms with E-state index in [4.69, 9.17) is 9.05 Å². The molecule has 24 heavy (non-hydrogen) atoms. The molecule has 1 aromatic carbocycles. The number of para-hydroxylation sites is 2. The van der Waals surface area contributed by atoms with Crippen LogP contribution in [0.3, 0.4) is 0 Å². The Hall–Kier alpha value is -1.69. The number of benzene rings is 1. The summed E-state index contributed by atoms with van der Waals surface area (Å²) in [5.74, 6) is 0.361. The molecular formula is C16H24N3O4P. The Bertz CT molecular complexity index is 747. The van der Waals surface area contributed by atoms with Crippen molar-refractivity contribution in [1.29, 1.82) is 0 Å². The van der Waals surface area contributed by atoms with E-state index in [1.165, 1.54) is 4.57 Å². The zero-order valence-electron chi connectivity index (χ0n) is 14.5. The summed E-state index contributed by atoms with van der Waals surface area (Å²) in [6, 6.07) is 6.94. The highest BCUT2D eigenvalue weighted by atomic mass is 31.2. The van der Waals surface area contributed by atoms with Crippen molar-refractivity contribution in [3.8, 4) is 0 Å². The molecule has 1 amide bonds. The lowest BCUT2D eigenvalue weighted by molar-refractivity contribution is 0.218. The predicted octanol–water partition coefficient (Wildman–Crippen LogP) is 3.77. The van der Waals surface area contributed by atoms with Crippen LogP contribution in [0.15, 0.2) is 24.3 Å². The Morgan fingerprint density at radius 3 is 2.46 bits per heavy atom. The van der Waals surface area contributed by atoms with Gasteiger partial charge in [0.25, 0.3) is 0 Å². The smallest absolute Gasteiger partial charge is 0.335 e. The number of hydrogen-bond acceptors (Lipinski definition) is 5. The largest absolute Gasteiger partial charge is 0.338 e. The molecule has 0 radical (unpaired) electrons. The fourth-order valence-corrected chi connectivity index (χ4v) is 4.02. The summed E-state index contributed by atoms with van der Waals surface area (Å²) in [5, 5.41) is 2.84. The molecular weight excluding hydrogens is 329 g/mol. The first-order valence-corrected chi connectivity index (χ1v) is 9.78. The van der Waals surface area contributed by atoms with Gasteiger partial charge in [-0.1, -0.05) is 12.1 Å². The fourth-order valence-electron chi connectivity index (χ4n) is 2.42. The second-order valence-corrected chi connectivity index (χ2v) is 7.62. The minimum absolute atomic E-state index is 0.0305. The van der Waals surface area contributed by atoms with Gasteiger partial charge >= 0.3 is 13.6 Å². The molecule has 1 N–H and O–H groups in total. The zero-order valence-corrected chi connectivity index (χ0v) is 15.4. The summed E-state index contributed by atoms with van der Waals surface area (Å²) in [4.78, 5) is 17.1. The van der Waals surface area contributed by atoms with Crippen molar-refractivity contribution >= 4 is 24.7 Å². The highest BCUT2D eigenvalue weighted by molar-refractivity contribution is 7.53. The monoisotopic (exact) mass is 353 g/mol. The van der Waals surface area contributed by atoms with Gasteiger partial charge in [-0.25, -0.2) is 14.3 Å². The molecule has 2 rings (SSSR count). The zero-order chi connectivity index (χ0) is 17.7. The molecule has 0 aliphatic rings. The quantitative estimate of drug-likeness (QED) is 0.766. The molecule has 0 atom stereocenters. The molecule has 2 aromatic rings. The number of imidazole rings is 1. The van der Waals surface area contributed by atoms with Gasteiger partial charge in [0, 0.05) is 6.04 Å². The number of aromatic nitrogens is 2. The molecule has 1 heterocycles. The van der Waals surface area contributed by atoms with Crippen molar-refractivity contribution in [3.05, 3.63) is 30.1 Å². The Labute approximate surface area is 141 Å². The van der Waals surface area contributed by atoms with Gasteiger partial charge in [-0.15, -0.1) is 0 Å². The average molecular weight is 353 g/mol. The summed E-state index contributed by atoms with van der Waals surface area (Å²) >= 11 is 0. The van der Waals surface area contributed by atoms with Crippen molar-refractivity contribution in [2.24, 2.45) is 0 Å². The Morgan fingerprint density at radius 1 is 1.25 bits per heavy atom. The van der Waals surface area contributed by atoms with Gasteiger partial charge in [-0.05, 0) is 39.8 Å². The minimum atomic E-state index is -3.36. The summed E-state index contributed by atoms with van der Waals surface area (Å²) in [5.41, 5.74) is 1.32. The van der Waals surface area contributed by atoms with Crippen LogP contribution in [0.5, 0.6) is 0 Å². The molecule has 0 saturated heterocycles. The number of amides is 1. The molecule has 8 heteroatoms. The molecule has 0 bridgehead atoms. The minimum Gasteiger partial charge on any atom is -0.335 e. The first-order chi connectivity index (χ1) is 11.4. The van der Waals surface area contributed by atoms with Crippen molar-refractivity contribution in [3.63, 3.8) is 0 Å². The van der Waals surface area contributed by atoms with E-state index in [9.17, 15) is 9.36 Å². The number of fused-ring (bicyclic) bond motifs is 1. The van der Waals surface area contributed by atoms with Crippen LogP contribution in [0.1, 0.15) is 33.5 Å². The van der Waals surface area contributed by atoms with E-state index in [1.54, 1.807) is 19.9 Å². The lowest BCUT2D eigenvalue weighted by atomic mass is 10.3. The molecule has 0 aliphatic heterocycles. The maximum atomic E-state index is 12.8. The fraction of sp³-hybridized carbons (Fsp3) is 0.500. The Balaban J connectivity index is 2.48. The molecule has 0 fully saturated rings. The maximum absolute atomic E-state index is 12.8. The van der Waals surface area contributed by atoms with E-state index < -0.39 is 7.60 Å². The molecule has 0 aliphatic carbocycles. The molecule has 1 aromatic heterocycles. The van der Waals surface area contributed by atoms with Crippen molar-refractivity contribution in [2.45, 2.75) is 39.9 Å². The molecule has 132 valence electrons. The standard InChI is InChI=1S/C16H24N3O4P/c1-5-22-24(21,23-6-2)11-15-18-13-9-7-8-10-14(13)19(15)16(20)17-12(3)4/h7-10,12H,5-6,11H2,1-4H3,(H,17,20). The van der Waals surface area contributed by atoms with Gasteiger partial charge in [-0.3, -0.25) is 4.57 Å². The van der Waals surface area contributed by atoms with Crippen molar-refractivity contribution in [2.75, 3.05) is 13.2 Å². The van der Waals surface area contributed by atoms with Gasteiger partial charge < -0.3 is 14.4 Å². The summed E-state index contributed by atoms with van der Waals surface area (Å²) in [7, 11) is -3.36. The van der Waals surface area contributed by atoms with Crippen LogP contribution < -0.4 is 5.32 Å². The van der Waals surface area contributed by atoms with E-state index in [1.807, 2.05) is 32.0 Å². The topological polar surface area (TPSA) is 82.5 Å². The van der Waals surface area contributed by atoms with E-state index in [2.05, 4.69) is 10.3 Å². The van der Waals surface area contributed by atoms with Crippen molar-refractivity contribution < 1.29 is 18.4 Å². The third kappa shape index (κ3) is 4.23. The third-order valence-electron chi connectivity index (χ3n) is 3.23. The summed E-state index contributed by atoms with van der Waals surface area (Å²) in [6.07, 6.45) is -0.0606. The summed E-state index contributed by atoms with van der Waals surface area (Å²) in [6.45, 7) is 7.77. The number of nitrogens with zero attached hydrogens (tertiary/aromatic N) is 2. The van der Waals surface area contributed by atoms with Gasteiger partial charge in [0.2, 0.25) is 0 Å². The average Bonchev–Trinajstić information content (AvgIpc) is 2.84. The van der Waals surface area contributed by atoms with E-state index in [0.29, 0.717) is 16.9 Å². The SMILES string of the molecule is CCOP(=O)(Cc1nc2ccccc2n1C(=O)NC(C)C)OCC. The van der Waals surface area contributed by atoms with Gasteiger partial charge in [-0.2, -0.15) is 0 Å². The molecule has 0 unspecified atom stereocenters. The molecule has 7 nitrogen and oxygen atoms in total. The van der Waals surface area contributed by atoms with Gasteiger partial charge in [0.15, 0.2) is 0 Å². The maximum Gasteiger partial charge on any atom is 0.338 e. The van der Waals surface area contributed by atoms with E-state index >= 15 is 0 Å². The van der Waals surface area contributed by atoms with E-state index in [-0.39, 0.29) is 31.4 Å². The first-order valence-electron chi connectivity index (χ1n) is 8.05. The number of hydrogen-bond donors (Lipinski definition) is 1. The van der Waals surface area contributed by atoms with Crippen LogP contribution in [0.4, 0.5) is 4.79 Å². The van der Waals surface area contributed by atoms with Crippen LogP contribution in [0, 0.1) is 0 Å². The molecule has 0 saturated carbocycles. The van der Waals surface area contributed by atoms with Gasteiger partial charge in [0.1, 0.15) is 12.0 Å². The summed E-state index contributed by atoms with van der Waals surface area (Å²) < 4.78 is 24.9. The predicted molar refractivity (Wildman–Crippen MR) is 93.4 cm³/mol. The van der Waals surface area contributed by atoms with E-state index in [0.717, 1.165) is 0 Å². The Kier molecular flexibility index (Phi) is 6.15. The second-order valence-electron chi connectivity index (χ2n) is 5.56. The number of carbonyl (C=O) groups is 1. The Morgan fingerprint density at radius 2 is 1.88 bits per heavy atom. The molecule has 0 spiro atoms. The second kappa shape index (κ2) is 7.92. The number of rotatable bonds is 7. The highest BCUT2D eigenvalue weighted by Gasteiger charge is 2.29. The number of nitrogens with one attached hydrogen (secondary N) is 1. The lowest BCUT2D eigenvalue weighted by Gasteiger charge is -2.17. The normalized spacial score (nSPS) is 12.0. The van der Waals surface area contributed by atoms with Crippen LogP contribution in [-0.4, -0.2) is 34.8 Å². The highest BCUT2D eigenvalue weighted by Crippen LogP contribution is 2.51. The van der Waals surface area contributed by atoms with Crippen LogP contribution >= 0.6 is 7.60 Å². The van der Waals surface area contributed by atoms with Crippen LogP contribution in [0.25, 0.3) is 11.0 Å². The van der Waals surface area contributed by atoms with Crippen molar-refractivity contribution in [1.82, 2.24) is 14.9 Å². The van der Waals surface area contributed by atoms with Gasteiger partial charge in [0.05, 0.1) is 24.2 Å².